The van der Waals surface area contributed by atoms with Gasteiger partial charge < -0.3 is 15.1 Å². The molecule has 2 aromatic rings. The van der Waals surface area contributed by atoms with Gasteiger partial charge >= 0.3 is 0 Å². The molecule has 0 bridgehead atoms. The van der Waals surface area contributed by atoms with E-state index in [0.717, 1.165) is 42.0 Å². The Labute approximate surface area is 170 Å². The quantitative estimate of drug-likeness (QED) is 0.721. The Kier molecular flexibility index (Phi) is 5.89. The Morgan fingerprint density at radius 2 is 2.28 bits per heavy atom. The van der Waals surface area contributed by atoms with Crippen molar-refractivity contribution < 1.29 is 14.0 Å². The third-order valence-electron chi connectivity index (χ3n) is 5.64. The monoisotopic (exact) mass is 397 g/mol. The maximum atomic E-state index is 12.5. The molecular weight excluding hydrogens is 370 g/mol. The van der Waals surface area contributed by atoms with Gasteiger partial charge in [0.25, 0.3) is 0 Å². The third-order valence-corrected chi connectivity index (χ3v) is 5.64. The highest BCUT2D eigenvalue weighted by Crippen LogP contribution is 2.22. The van der Waals surface area contributed by atoms with Crippen LogP contribution in [0, 0.1) is 6.92 Å². The van der Waals surface area contributed by atoms with Gasteiger partial charge in [-0.25, -0.2) is 9.97 Å². The maximum Gasteiger partial charge on any atom is 0.237 e. The number of hydrogen-bond donors (Lipinski definition) is 2. The molecule has 2 N–H and O–H groups in total. The number of rotatable bonds is 7. The summed E-state index contributed by atoms with van der Waals surface area (Å²) in [6.07, 6.45) is 7.23. The molecule has 0 radical (unpaired) electrons. The second-order valence-electron chi connectivity index (χ2n) is 7.72. The molecule has 154 valence electrons. The molecule has 1 fully saturated rings. The van der Waals surface area contributed by atoms with E-state index in [1.165, 1.54) is 5.56 Å². The average Bonchev–Trinajstić information content (AvgIpc) is 3.36. The van der Waals surface area contributed by atoms with Gasteiger partial charge in [0.2, 0.25) is 11.8 Å². The fraction of sp³-hybridized carbons (Fsp3) is 0.524. The summed E-state index contributed by atoms with van der Waals surface area (Å²) in [5.74, 6) is 0.537. The fourth-order valence-corrected chi connectivity index (χ4v) is 4.15. The van der Waals surface area contributed by atoms with E-state index in [4.69, 9.17) is 4.42 Å². The Balaban J connectivity index is 1.30. The first-order chi connectivity index (χ1) is 14.1. The van der Waals surface area contributed by atoms with Crippen LogP contribution < -0.4 is 10.6 Å². The smallest absolute Gasteiger partial charge is 0.237 e. The van der Waals surface area contributed by atoms with E-state index in [-0.39, 0.29) is 18.2 Å². The van der Waals surface area contributed by atoms with Gasteiger partial charge in [-0.1, -0.05) is 0 Å². The number of carbonyl (C=O) groups is 2. The number of piperazine rings is 1. The summed E-state index contributed by atoms with van der Waals surface area (Å²) in [6.45, 7) is 4.38. The van der Waals surface area contributed by atoms with E-state index >= 15 is 0 Å². The van der Waals surface area contributed by atoms with Crippen molar-refractivity contribution in [3.05, 3.63) is 46.9 Å². The predicted octanol–water partition coefficient (Wildman–Crippen LogP) is 0.916. The van der Waals surface area contributed by atoms with Crippen LogP contribution in [0.3, 0.4) is 0 Å². The summed E-state index contributed by atoms with van der Waals surface area (Å²) in [6, 6.07) is 1.40. The van der Waals surface area contributed by atoms with Gasteiger partial charge in [-0.3, -0.25) is 14.5 Å². The molecule has 1 aliphatic heterocycles. The highest BCUT2D eigenvalue weighted by molar-refractivity contribution is 5.88. The van der Waals surface area contributed by atoms with Crippen LogP contribution in [0.15, 0.2) is 23.0 Å². The van der Waals surface area contributed by atoms with Gasteiger partial charge in [0.1, 0.15) is 5.82 Å². The van der Waals surface area contributed by atoms with Crippen LogP contribution in [0.5, 0.6) is 0 Å². The van der Waals surface area contributed by atoms with Gasteiger partial charge in [0.15, 0.2) is 0 Å². The van der Waals surface area contributed by atoms with Crippen molar-refractivity contribution in [1.29, 1.82) is 0 Å². The van der Waals surface area contributed by atoms with E-state index in [2.05, 4.69) is 20.6 Å². The van der Waals surface area contributed by atoms with Crippen molar-refractivity contribution >= 4 is 11.8 Å². The molecule has 2 amide bonds. The average molecular weight is 397 g/mol. The lowest BCUT2D eigenvalue weighted by molar-refractivity contribution is -0.134. The van der Waals surface area contributed by atoms with Crippen LogP contribution in [-0.2, 0) is 35.4 Å². The molecule has 29 heavy (non-hydrogen) atoms. The topological polar surface area (TPSA) is 100 Å². The minimum absolute atomic E-state index is 0.104. The number of furan rings is 1. The van der Waals surface area contributed by atoms with Crippen LogP contribution in [0.25, 0.3) is 0 Å². The number of nitrogens with one attached hydrogen (secondary N) is 2. The molecular formula is C21H27N5O3. The van der Waals surface area contributed by atoms with Crippen LogP contribution in [-0.4, -0.2) is 52.4 Å². The molecule has 1 atom stereocenters. The fourth-order valence-electron chi connectivity index (χ4n) is 4.15. The summed E-state index contributed by atoms with van der Waals surface area (Å²) >= 11 is 0. The Morgan fingerprint density at radius 1 is 1.38 bits per heavy atom. The number of aromatic nitrogens is 2. The number of fused-ring (bicyclic) bond motifs is 1. The highest BCUT2D eigenvalue weighted by Gasteiger charge is 2.31. The molecule has 2 aliphatic rings. The summed E-state index contributed by atoms with van der Waals surface area (Å²) < 4.78 is 5.11. The Bertz CT molecular complexity index is 881. The molecule has 0 saturated carbocycles. The van der Waals surface area contributed by atoms with Crippen molar-refractivity contribution in [2.24, 2.45) is 0 Å². The molecule has 1 unspecified atom stereocenters. The van der Waals surface area contributed by atoms with E-state index in [1.54, 1.807) is 12.5 Å². The second kappa shape index (κ2) is 8.73. The van der Waals surface area contributed by atoms with Gasteiger partial charge in [-0.2, -0.15) is 0 Å². The van der Waals surface area contributed by atoms with Crippen molar-refractivity contribution in [2.75, 3.05) is 19.6 Å². The van der Waals surface area contributed by atoms with E-state index in [0.29, 0.717) is 32.6 Å². The Hall–Kier alpha value is -2.74. The summed E-state index contributed by atoms with van der Waals surface area (Å²) in [7, 11) is 0. The minimum atomic E-state index is -0.475. The maximum absolute atomic E-state index is 12.5. The van der Waals surface area contributed by atoms with E-state index < -0.39 is 6.04 Å². The number of amides is 2. The zero-order chi connectivity index (χ0) is 20.2. The minimum Gasteiger partial charge on any atom is -0.472 e. The molecule has 1 saturated heterocycles. The van der Waals surface area contributed by atoms with Crippen LogP contribution >= 0.6 is 0 Å². The van der Waals surface area contributed by atoms with Gasteiger partial charge in [-0.15, -0.1) is 0 Å². The van der Waals surface area contributed by atoms with Crippen molar-refractivity contribution in [1.82, 2.24) is 25.5 Å². The molecule has 3 heterocycles. The normalized spacial score (nSPS) is 19.1. The van der Waals surface area contributed by atoms with E-state index in [9.17, 15) is 9.59 Å². The predicted molar refractivity (Wildman–Crippen MR) is 106 cm³/mol. The van der Waals surface area contributed by atoms with Gasteiger partial charge in [0.05, 0.1) is 25.0 Å². The van der Waals surface area contributed by atoms with Crippen molar-refractivity contribution in [3.63, 3.8) is 0 Å². The first kappa shape index (κ1) is 19.6. The SMILES string of the molecule is Cc1nc(CCNC(=O)CC2C(=O)NCCN2Cc2ccoc2)nc2c1CCC2. The molecule has 8 heteroatoms. The number of hydrogen-bond acceptors (Lipinski definition) is 6. The van der Waals surface area contributed by atoms with Crippen LogP contribution in [0.1, 0.15) is 41.2 Å². The summed E-state index contributed by atoms with van der Waals surface area (Å²) in [5.41, 5.74) is 4.50. The highest BCUT2D eigenvalue weighted by atomic mass is 16.3. The Morgan fingerprint density at radius 3 is 3.10 bits per heavy atom. The molecule has 4 rings (SSSR count). The molecule has 1 aliphatic carbocycles. The van der Waals surface area contributed by atoms with Gasteiger partial charge in [0, 0.05) is 49.6 Å². The van der Waals surface area contributed by atoms with Crippen molar-refractivity contribution in [2.45, 2.75) is 51.6 Å². The molecule has 2 aromatic heterocycles. The largest absolute Gasteiger partial charge is 0.472 e. The third kappa shape index (κ3) is 4.64. The number of carbonyl (C=O) groups excluding carboxylic acids is 2. The number of aryl methyl sites for hydroxylation is 2. The first-order valence-corrected chi connectivity index (χ1v) is 10.2. The molecule has 0 spiro atoms. The molecule has 0 aromatic carbocycles. The van der Waals surface area contributed by atoms with E-state index in [1.807, 2.05) is 17.9 Å². The lowest BCUT2D eigenvalue weighted by atomic mass is 10.1. The first-order valence-electron chi connectivity index (χ1n) is 10.2. The second-order valence-corrected chi connectivity index (χ2v) is 7.72. The lowest BCUT2D eigenvalue weighted by Gasteiger charge is -2.34. The van der Waals surface area contributed by atoms with Crippen molar-refractivity contribution in [3.8, 4) is 0 Å². The zero-order valence-electron chi connectivity index (χ0n) is 16.7. The molecule has 8 nitrogen and oxygen atoms in total. The lowest BCUT2D eigenvalue weighted by Crippen LogP contribution is -2.56. The van der Waals surface area contributed by atoms with Crippen LogP contribution in [0.4, 0.5) is 0 Å². The zero-order valence-corrected chi connectivity index (χ0v) is 16.7. The van der Waals surface area contributed by atoms with Gasteiger partial charge in [-0.05, 0) is 37.8 Å². The number of nitrogens with zero attached hydrogens (tertiary/aromatic N) is 3. The summed E-state index contributed by atoms with van der Waals surface area (Å²) in [5, 5.41) is 5.78. The van der Waals surface area contributed by atoms with Crippen LogP contribution in [0.2, 0.25) is 0 Å². The standard InChI is InChI=1S/C21H27N5O3/c1-14-16-3-2-4-17(16)25-19(24-14)5-7-22-20(27)11-18-21(28)23-8-9-26(18)12-15-6-10-29-13-15/h6,10,13,18H,2-5,7-9,11-12H2,1H3,(H,22,27)(H,23,28). The summed E-state index contributed by atoms with van der Waals surface area (Å²) in [4.78, 5) is 36.1.